The van der Waals surface area contributed by atoms with Gasteiger partial charge in [-0.15, -0.1) is 0 Å². The normalized spacial score (nSPS) is 29.2. The summed E-state index contributed by atoms with van der Waals surface area (Å²) in [6.45, 7) is 3.46. The summed E-state index contributed by atoms with van der Waals surface area (Å²) in [5.41, 5.74) is 0.904. The molecule has 0 unspecified atom stereocenters. The third kappa shape index (κ3) is 2.69. The Kier molecular flexibility index (Phi) is 3.98. The highest BCUT2D eigenvalue weighted by atomic mass is 16.5. The van der Waals surface area contributed by atoms with Crippen LogP contribution in [0.25, 0.3) is 0 Å². The van der Waals surface area contributed by atoms with Gasteiger partial charge in [0.1, 0.15) is 12.2 Å². The fourth-order valence-corrected chi connectivity index (χ4v) is 3.09. The average molecular weight is 276 g/mol. The van der Waals surface area contributed by atoms with Crippen molar-refractivity contribution in [3.05, 3.63) is 30.1 Å². The molecule has 20 heavy (non-hydrogen) atoms. The molecule has 3 atom stereocenters. The molecule has 1 aromatic rings. The summed E-state index contributed by atoms with van der Waals surface area (Å²) in [5.74, 6) is 0.106. The van der Waals surface area contributed by atoms with Gasteiger partial charge < -0.3 is 14.4 Å². The van der Waals surface area contributed by atoms with Crippen molar-refractivity contribution in [3.63, 3.8) is 0 Å². The number of ether oxygens (including phenoxy) is 2. The summed E-state index contributed by atoms with van der Waals surface area (Å²) in [4.78, 5) is 17.9. The van der Waals surface area contributed by atoms with E-state index in [1.54, 1.807) is 13.1 Å². The second-order valence-corrected chi connectivity index (χ2v) is 5.39. The quantitative estimate of drug-likeness (QED) is 0.837. The number of hydrogen-bond donors (Lipinski definition) is 0. The summed E-state index contributed by atoms with van der Waals surface area (Å²) in [6.07, 6.45) is 3.74. The topological polar surface area (TPSA) is 51.7 Å². The Balaban J connectivity index is 1.65. The second kappa shape index (κ2) is 5.89. The highest BCUT2D eigenvalue weighted by molar-refractivity contribution is 5.74. The van der Waals surface area contributed by atoms with Crippen molar-refractivity contribution < 1.29 is 14.3 Å². The molecule has 5 nitrogen and oxygen atoms in total. The van der Waals surface area contributed by atoms with Gasteiger partial charge in [-0.3, -0.25) is 9.78 Å². The van der Waals surface area contributed by atoms with Crippen LogP contribution >= 0.6 is 0 Å². The third-order valence-corrected chi connectivity index (χ3v) is 4.05. The van der Waals surface area contributed by atoms with E-state index in [0.717, 1.165) is 25.1 Å². The number of pyridine rings is 1. The number of carbonyl (C=O) groups is 1. The minimum atomic E-state index is -0.0498. The fourth-order valence-electron chi connectivity index (χ4n) is 3.09. The molecule has 0 aliphatic carbocycles. The van der Waals surface area contributed by atoms with E-state index in [1.165, 1.54) is 0 Å². The number of carbonyl (C=O) groups excluding carboxylic acids is 1. The van der Waals surface area contributed by atoms with E-state index < -0.39 is 0 Å². The van der Waals surface area contributed by atoms with Crippen molar-refractivity contribution in [2.45, 2.75) is 44.6 Å². The SMILES string of the molecule is CC(=O)N1C[C@H](OCc2ccccn2)[C@H]2OCCC[C@H]21. The zero-order valence-corrected chi connectivity index (χ0v) is 11.7. The van der Waals surface area contributed by atoms with Crippen LogP contribution in [0.3, 0.4) is 0 Å². The third-order valence-electron chi connectivity index (χ3n) is 4.05. The summed E-state index contributed by atoms with van der Waals surface area (Å²) in [7, 11) is 0. The standard InChI is InChI=1S/C15H20N2O3/c1-11(18)17-9-14(15-13(17)6-4-8-19-15)20-10-12-5-2-3-7-16-12/h2-3,5,7,13-15H,4,6,8-10H2,1H3/t13-,14+,15+/m1/s1. The zero-order valence-electron chi connectivity index (χ0n) is 11.7. The molecule has 2 fully saturated rings. The molecule has 2 saturated heterocycles. The molecule has 0 saturated carbocycles. The second-order valence-electron chi connectivity index (χ2n) is 5.39. The summed E-state index contributed by atoms with van der Waals surface area (Å²) in [5, 5.41) is 0. The van der Waals surface area contributed by atoms with Crippen LogP contribution < -0.4 is 0 Å². The van der Waals surface area contributed by atoms with Crippen molar-refractivity contribution in [2.24, 2.45) is 0 Å². The van der Waals surface area contributed by atoms with Gasteiger partial charge in [-0.1, -0.05) is 6.07 Å². The highest BCUT2D eigenvalue weighted by Gasteiger charge is 2.45. The Morgan fingerprint density at radius 3 is 3.20 bits per heavy atom. The number of fused-ring (bicyclic) bond motifs is 1. The van der Waals surface area contributed by atoms with Crippen molar-refractivity contribution in [1.29, 1.82) is 0 Å². The lowest BCUT2D eigenvalue weighted by Gasteiger charge is -2.31. The van der Waals surface area contributed by atoms with E-state index in [4.69, 9.17) is 9.47 Å². The van der Waals surface area contributed by atoms with E-state index in [-0.39, 0.29) is 24.2 Å². The molecule has 5 heteroatoms. The van der Waals surface area contributed by atoms with Crippen LogP contribution in [0.15, 0.2) is 24.4 Å². The number of amides is 1. The molecule has 0 N–H and O–H groups in total. The molecule has 108 valence electrons. The van der Waals surface area contributed by atoms with Gasteiger partial charge in [0.25, 0.3) is 0 Å². The van der Waals surface area contributed by atoms with Crippen LogP contribution in [-0.4, -0.2) is 47.2 Å². The Labute approximate surface area is 118 Å². The smallest absolute Gasteiger partial charge is 0.219 e. The summed E-state index contributed by atoms with van der Waals surface area (Å²) in [6, 6.07) is 5.95. The minimum Gasteiger partial charge on any atom is -0.373 e. The minimum absolute atomic E-state index is 0.0105. The van der Waals surface area contributed by atoms with Crippen LogP contribution in [0.1, 0.15) is 25.5 Å². The first-order valence-corrected chi connectivity index (χ1v) is 7.16. The van der Waals surface area contributed by atoms with Gasteiger partial charge in [0.2, 0.25) is 5.91 Å². The maximum atomic E-state index is 11.7. The number of hydrogen-bond acceptors (Lipinski definition) is 4. The Morgan fingerprint density at radius 1 is 1.55 bits per heavy atom. The predicted octanol–water partition coefficient (Wildman–Crippen LogP) is 1.38. The maximum absolute atomic E-state index is 11.7. The first-order chi connectivity index (χ1) is 9.75. The van der Waals surface area contributed by atoms with Gasteiger partial charge in [-0.25, -0.2) is 0 Å². The van der Waals surface area contributed by atoms with E-state index in [0.29, 0.717) is 13.2 Å². The van der Waals surface area contributed by atoms with Crippen LogP contribution in [0.2, 0.25) is 0 Å². The van der Waals surface area contributed by atoms with Crippen LogP contribution in [0.5, 0.6) is 0 Å². The van der Waals surface area contributed by atoms with E-state index in [9.17, 15) is 4.79 Å². The molecular formula is C15H20N2O3. The van der Waals surface area contributed by atoms with Crippen LogP contribution in [-0.2, 0) is 20.9 Å². The first kappa shape index (κ1) is 13.5. The van der Waals surface area contributed by atoms with E-state index in [2.05, 4.69) is 4.98 Å². The lowest BCUT2D eigenvalue weighted by atomic mass is 10.0. The van der Waals surface area contributed by atoms with Crippen molar-refractivity contribution in [1.82, 2.24) is 9.88 Å². The molecule has 0 radical (unpaired) electrons. The van der Waals surface area contributed by atoms with Crippen molar-refractivity contribution in [3.8, 4) is 0 Å². The Morgan fingerprint density at radius 2 is 2.45 bits per heavy atom. The van der Waals surface area contributed by atoms with E-state index in [1.807, 2.05) is 23.1 Å². The molecule has 3 heterocycles. The zero-order chi connectivity index (χ0) is 13.9. The van der Waals surface area contributed by atoms with Gasteiger partial charge in [0.05, 0.1) is 18.3 Å². The monoisotopic (exact) mass is 276 g/mol. The first-order valence-electron chi connectivity index (χ1n) is 7.16. The van der Waals surface area contributed by atoms with Crippen molar-refractivity contribution in [2.75, 3.05) is 13.2 Å². The summed E-state index contributed by atoms with van der Waals surface area (Å²) >= 11 is 0. The highest BCUT2D eigenvalue weighted by Crippen LogP contribution is 2.31. The molecule has 0 bridgehead atoms. The Bertz CT molecular complexity index is 465. The number of rotatable bonds is 3. The van der Waals surface area contributed by atoms with Gasteiger partial charge in [-0.2, -0.15) is 0 Å². The van der Waals surface area contributed by atoms with Gasteiger partial charge in [0, 0.05) is 26.3 Å². The van der Waals surface area contributed by atoms with Gasteiger partial charge >= 0.3 is 0 Å². The van der Waals surface area contributed by atoms with Crippen LogP contribution in [0.4, 0.5) is 0 Å². The number of aromatic nitrogens is 1. The summed E-state index contributed by atoms with van der Waals surface area (Å²) < 4.78 is 11.8. The average Bonchev–Trinajstić information content (AvgIpc) is 2.85. The maximum Gasteiger partial charge on any atom is 0.219 e. The Hall–Kier alpha value is -1.46. The van der Waals surface area contributed by atoms with Gasteiger partial charge in [-0.05, 0) is 25.0 Å². The number of nitrogens with zero attached hydrogens (tertiary/aromatic N) is 2. The molecule has 1 aromatic heterocycles. The predicted molar refractivity (Wildman–Crippen MR) is 73.0 cm³/mol. The lowest BCUT2D eigenvalue weighted by molar-refractivity contribution is -0.132. The molecule has 0 aromatic carbocycles. The van der Waals surface area contributed by atoms with Crippen molar-refractivity contribution >= 4 is 5.91 Å². The number of likely N-dealkylation sites (tertiary alicyclic amines) is 1. The van der Waals surface area contributed by atoms with Gasteiger partial charge in [0.15, 0.2) is 0 Å². The molecule has 0 spiro atoms. The molecule has 2 aliphatic heterocycles. The lowest BCUT2D eigenvalue weighted by Crippen LogP contribution is -2.43. The van der Waals surface area contributed by atoms with E-state index >= 15 is 0 Å². The molecule has 1 amide bonds. The largest absolute Gasteiger partial charge is 0.373 e. The fraction of sp³-hybridized carbons (Fsp3) is 0.600. The molecular weight excluding hydrogens is 256 g/mol. The molecule has 2 aliphatic rings. The molecule has 3 rings (SSSR count). The van der Waals surface area contributed by atoms with Crippen LogP contribution in [0, 0.1) is 0 Å².